The molecule has 0 atom stereocenters. The van der Waals surface area contributed by atoms with Crippen molar-refractivity contribution in [1.29, 1.82) is 0 Å². The molecule has 0 N–H and O–H groups in total. The van der Waals surface area contributed by atoms with Crippen molar-refractivity contribution in [1.82, 2.24) is 19.1 Å². The van der Waals surface area contributed by atoms with Gasteiger partial charge in [0.05, 0.1) is 38.7 Å². The van der Waals surface area contributed by atoms with Crippen molar-refractivity contribution < 1.29 is 0 Å². The average Bonchev–Trinajstić information content (AvgIpc) is 4.04. The minimum Gasteiger partial charge on any atom is -0.309 e. The lowest BCUT2D eigenvalue weighted by atomic mass is 9.67. The highest BCUT2D eigenvalue weighted by Gasteiger charge is 2.52. The Morgan fingerprint density at radius 3 is 1.57 bits per heavy atom. The van der Waals surface area contributed by atoms with Gasteiger partial charge in [0.1, 0.15) is 0 Å². The van der Waals surface area contributed by atoms with Crippen LogP contribution >= 0.6 is 7.92 Å². The van der Waals surface area contributed by atoms with E-state index in [-0.39, 0.29) is 0 Å². The molecule has 2 aliphatic rings. The molecule has 0 saturated heterocycles. The second-order valence-electron chi connectivity index (χ2n) is 18.0. The van der Waals surface area contributed by atoms with Gasteiger partial charge in [-0.05, 0) is 99.7 Å². The van der Waals surface area contributed by atoms with Crippen molar-refractivity contribution in [2.75, 3.05) is 0 Å². The van der Waals surface area contributed by atoms with E-state index in [0.717, 1.165) is 38.9 Å². The van der Waals surface area contributed by atoms with Crippen molar-refractivity contribution in [2.24, 2.45) is 0 Å². The maximum Gasteiger partial charge on any atom is 0.235 e. The first-order valence-electron chi connectivity index (χ1n) is 23.3. The maximum absolute atomic E-state index is 5.78. The summed E-state index contributed by atoms with van der Waals surface area (Å²) in [7, 11) is -0.806. The van der Waals surface area contributed by atoms with Crippen LogP contribution in [0.4, 0.5) is 0 Å². The van der Waals surface area contributed by atoms with Crippen LogP contribution in [0.2, 0.25) is 0 Å². The minimum absolute atomic E-state index is 0.536. The molecule has 15 rings (SSSR count). The van der Waals surface area contributed by atoms with Crippen molar-refractivity contribution >= 4 is 78.3 Å². The average molecular weight is 883 g/mol. The number of hydrogen-bond donors (Lipinski definition) is 0. The number of fused-ring (bicyclic) bond motifs is 17. The number of hydrogen-bond acceptors (Lipinski definition) is 2. The molecule has 0 bridgehead atoms. The fourth-order valence-electron chi connectivity index (χ4n) is 12.2. The Kier molecular flexibility index (Phi) is 7.93. The van der Waals surface area contributed by atoms with E-state index < -0.39 is 13.3 Å². The van der Waals surface area contributed by atoms with Crippen LogP contribution in [0.15, 0.2) is 237 Å². The Morgan fingerprint density at radius 1 is 0.353 bits per heavy atom. The van der Waals surface area contributed by atoms with E-state index in [0.29, 0.717) is 5.95 Å². The zero-order chi connectivity index (χ0) is 44.5. The van der Waals surface area contributed by atoms with Crippen LogP contribution in [-0.2, 0) is 5.41 Å². The van der Waals surface area contributed by atoms with Gasteiger partial charge in [-0.25, -0.2) is 9.97 Å². The van der Waals surface area contributed by atoms with Gasteiger partial charge in [0.2, 0.25) is 5.95 Å². The van der Waals surface area contributed by atoms with E-state index in [1.807, 2.05) is 0 Å². The SMILES string of the molecule is c1ccc(-n2c3ccccc3c3c4c5ccccc5n(-c5nc(-c6cccc7c6-c6ccccc6C76c7ccccc7P(c7ccccc7)c7ccccc76)c6ccccc6n5)c4ccc32)cc1. The van der Waals surface area contributed by atoms with E-state index in [4.69, 9.17) is 9.97 Å². The number of aromatic nitrogens is 4. The normalized spacial score (nSPS) is 15.9. The summed E-state index contributed by atoms with van der Waals surface area (Å²) in [6.07, 6.45) is 0. The van der Waals surface area contributed by atoms with E-state index in [9.17, 15) is 0 Å². The largest absolute Gasteiger partial charge is 0.309 e. The predicted molar refractivity (Wildman–Crippen MR) is 283 cm³/mol. The second kappa shape index (κ2) is 14.3. The van der Waals surface area contributed by atoms with Crippen LogP contribution in [0, 0.1) is 0 Å². The molecular weight excluding hydrogens is 844 g/mol. The molecular formula is C63H39N4P. The fraction of sp³-hybridized carbons (Fsp3) is 0.0159. The highest BCUT2D eigenvalue weighted by atomic mass is 31.1. The van der Waals surface area contributed by atoms with Gasteiger partial charge in [-0.2, -0.15) is 0 Å². The highest BCUT2D eigenvalue weighted by Crippen LogP contribution is 2.61. The fourth-order valence-corrected chi connectivity index (χ4v) is 14.9. The van der Waals surface area contributed by atoms with E-state index in [1.54, 1.807) is 0 Å². The van der Waals surface area contributed by atoms with Gasteiger partial charge in [-0.1, -0.05) is 194 Å². The topological polar surface area (TPSA) is 35.6 Å². The molecule has 3 aromatic heterocycles. The van der Waals surface area contributed by atoms with Crippen LogP contribution in [0.3, 0.4) is 0 Å². The molecule has 316 valence electrons. The van der Waals surface area contributed by atoms with Crippen LogP contribution in [0.1, 0.15) is 22.3 Å². The number of nitrogens with zero attached hydrogens (tertiary/aromatic N) is 4. The molecule has 1 aliphatic carbocycles. The number of benzene rings is 10. The molecule has 10 aromatic carbocycles. The van der Waals surface area contributed by atoms with Gasteiger partial charge in [0.15, 0.2) is 0 Å². The Morgan fingerprint density at radius 2 is 0.868 bits per heavy atom. The zero-order valence-electron chi connectivity index (χ0n) is 36.8. The van der Waals surface area contributed by atoms with E-state index in [2.05, 4.69) is 246 Å². The summed E-state index contributed by atoms with van der Waals surface area (Å²) in [6, 6.07) is 87.1. The van der Waals surface area contributed by atoms with Gasteiger partial charge < -0.3 is 4.57 Å². The van der Waals surface area contributed by atoms with Crippen molar-refractivity contribution in [3.63, 3.8) is 0 Å². The molecule has 68 heavy (non-hydrogen) atoms. The third kappa shape index (κ3) is 4.97. The molecule has 0 amide bonds. The van der Waals surface area contributed by atoms with Gasteiger partial charge in [0, 0.05) is 38.2 Å². The Bertz CT molecular complexity index is 4180. The number of rotatable bonds is 4. The zero-order valence-corrected chi connectivity index (χ0v) is 37.6. The smallest absolute Gasteiger partial charge is 0.235 e. The lowest BCUT2D eigenvalue weighted by Gasteiger charge is -2.43. The van der Waals surface area contributed by atoms with Gasteiger partial charge in [0.25, 0.3) is 0 Å². The molecule has 5 heteroatoms. The summed E-state index contributed by atoms with van der Waals surface area (Å²) in [5, 5.41) is 10.0. The van der Waals surface area contributed by atoms with Gasteiger partial charge >= 0.3 is 0 Å². The van der Waals surface area contributed by atoms with Crippen molar-refractivity contribution in [2.45, 2.75) is 5.41 Å². The summed E-state index contributed by atoms with van der Waals surface area (Å²) >= 11 is 0. The van der Waals surface area contributed by atoms with E-state index in [1.165, 1.54) is 81.9 Å². The minimum atomic E-state index is -0.806. The quantitative estimate of drug-likeness (QED) is 0.165. The second-order valence-corrected chi connectivity index (χ2v) is 20.2. The van der Waals surface area contributed by atoms with Gasteiger partial charge in [-0.3, -0.25) is 4.57 Å². The highest BCUT2D eigenvalue weighted by molar-refractivity contribution is 7.80. The molecule has 0 fully saturated rings. The van der Waals surface area contributed by atoms with Crippen LogP contribution in [-0.4, -0.2) is 19.1 Å². The molecule has 4 nitrogen and oxygen atoms in total. The summed E-state index contributed by atoms with van der Waals surface area (Å²) in [5.74, 6) is 0.650. The monoisotopic (exact) mass is 882 g/mol. The standard InChI is InChI=1S/C63H39N4P/c1-3-20-40(21-4-1)66-52-34-15-9-26-44(52)59-54(66)38-39-55-60(59)45-27-10-16-35-53(45)67(55)62-64-51-33-14-8-25-43(51)61(65-62)46-28-19-32-50-58(46)42-24-7-11-29-47(42)63(50)48-30-12-17-36-56(48)68(41-22-5-2-6-23-41)57-37-18-13-31-49(57)63/h1-39H. The molecule has 13 aromatic rings. The predicted octanol–water partition coefficient (Wildman–Crippen LogP) is 13.9. The Balaban J connectivity index is 1.02. The lowest BCUT2D eigenvalue weighted by molar-refractivity contribution is 0.777. The molecule has 0 saturated carbocycles. The van der Waals surface area contributed by atoms with Crippen LogP contribution in [0.5, 0.6) is 0 Å². The molecule has 0 unspecified atom stereocenters. The van der Waals surface area contributed by atoms with Crippen molar-refractivity contribution in [3.05, 3.63) is 259 Å². The maximum atomic E-state index is 5.78. The lowest BCUT2D eigenvalue weighted by Crippen LogP contribution is -2.44. The first kappa shape index (κ1) is 37.8. The third-order valence-corrected chi connectivity index (χ3v) is 17.3. The van der Waals surface area contributed by atoms with Gasteiger partial charge in [-0.15, -0.1) is 0 Å². The first-order chi connectivity index (χ1) is 33.8. The van der Waals surface area contributed by atoms with Crippen LogP contribution in [0.25, 0.3) is 88.5 Å². The Hall–Kier alpha value is -8.43. The van der Waals surface area contributed by atoms with Crippen molar-refractivity contribution in [3.8, 4) is 34.0 Å². The number of para-hydroxylation sites is 4. The Labute approximate surface area is 393 Å². The molecule has 1 spiro atoms. The van der Waals surface area contributed by atoms with Crippen LogP contribution < -0.4 is 15.9 Å². The molecule has 4 heterocycles. The molecule has 0 radical (unpaired) electrons. The summed E-state index contributed by atoms with van der Waals surface area (Å²) < 4.78 is 4.69. The molecule has 1 aliphatic heterocycles. The summed E-state index contributed by atoms with van der Waals surface area (Å²) in [6.45, 7) is 0. The summed E-state index contributed by atoms with van der Waals surface area (Å²) in [5.41, 5.74) is 15.8. The summed E-state index contributed by atoms with van der Waals surface area (Å²) in [4.78, 5) is 11.2. The third-order valence-electron chi connectivity index (χ3n) is 14.7. The van der Waals surface area contributed by atoms with E-state index >= 15 is 0 Å². The first-order valence-corrected chi connectivity index (χ1v) is 24.7.